The molecule has 1 aliphatic heterocycles. The van der Waals surface area contributed by atoms with E-state index in [-0.39, 0.29) is 5.91 Å². The summed E-state index contributed by atoms with van der Waals surface area (Å²) in [5, 5.41) is 6.28. The van der Waals surface area contributed by atoms with E-state index >= 15 is 0 Å². The highest BCUT2D eigenvalue weighted by atomic mass is 16.5. The molecule has 0 aliphatic carbocycles. The van der Waals surface area contributed by atoms with E-state index in [4.69, 9.17) is 4.74 Å². The third kappa shape index (κ3) is 5.27. The van der Waals surface area contributed by atoms with E-state index in [1.807, 2.05) is 0 Å². The van der Waals surface area contributed by atoms with Crippen molar-refractivity contribution in [2.45, 2.75) is 26.7 Å². The molecule has 28 heavy (non-hydrogen) atoms. The van der Waals surface area contributed by atoms with Crippen LogP contribution in [0.5, 0.6) is 0 Å². The molecular weight excluding hydrogens is 354 g/mol. The number of aromatic nitrogens is 2. The Morgan fingerprint density at radius 3 is 2.43 bits per heavy atom. The lowest BCUT2D eigenvalue weighted by atomic mass is 10.0. The van der Waals surface area contributed by atoms with E-state index in [0.717, 1.165) is 51.4 Å². The average Bonchev–Trinajstić information content (AvgIpc) is 2.75. The number of carbonyl (C=O) groups is 1. The number of aryl methyl sites for hydroxylation is 2. The highest BCUT2D eigenvalue weighted by molar-refractivity contribution is 5.92. The number of carbonyl (C=O) groups excluding carboxylic acids is 1. The molecule has 0 saturated carbocycles. The van der Waals surface area contributed by atoms with Crippen molar-refractivity contribution in [1.82, 2.24) is 20.2 Å². The standard InChI is InChI=1S/C21H29N5O2/c1-3-16-6-5-7-17(4-2)20(16)25-19-15-23-18(14-24-19)21(27)22-8-9-26-10-12-28-13-11-26/h5-7,14-15H,3-4,8-13H2,1-2H3,(H,22,27)(H,24,25). The smallest absolute Gasteiger partial charge is 0.271 e. The normalized spacial score (nSPS) is 14.6. The van der Waals surface area contributed by atoms with Gasteiger partial charge in [-0.2, -0.15) is 0 Å². The summed E-state index contributed by atoms with van der Waals surface area (Å²) in [5.41, 5.74) is 3.90. The number of para-hydroxylation sites is 1. The molecule has 7 heteroatoms. The molecule has 1 aliphatic rings. The Kier molecular flexibility index (Phi) is 7.33. The van der Waals surface area contributed by atoms with E-state index in [0.29, 0.717) is 18.1 Å². The van der Waals surface area contributed by atoms with Gasteiger partial charge in [0.05, 0.1) is 25.6 Å². The number of nitrogens with zero attached hydrogens (tertiary/aromatic N) is 3. The number of nitrogens with one attached hydrogen (secondary N) is 2. The monoisotopic (exact) mass is 383 g/mol. The Morgan fingerprint density at radius 1 is 1.11 bits per heavy atom. The van der Waals surface area contributed by atoms with Gasteiger partial charge in [0, 0.05) is 31.9 Å². The minimum Gasteiger partial charge on any atom is -0.379 e. The molecule has 2 heterocycles. The molecule has 7 nitrogen and oxygen atoms in total. The van der Waals surface area contributed by atoms with Crippen LogP contribution in [0.4, 0.5) is 11.5 Å². The van der Waals surface area contributed by atoms with Gasteiger partial charge in [-0.3, -0.25) is 9.69 Å². The SMILES string of the molecule is CCc1cccc(CC)c1Nc1cnc(C(=O)NCCN2CCOCC2)cn1. The van der Waals surface area contributed by atoms with Gasteiger partial charge in [-0.15, -0.1) is 0 Å². The Balaban J connectivity index is 1.57. The van der Waals surface area contributed by atoms with Crippen molar-refractivity contribution < 1.29 is 9.53 Å². The summed E-state index contributed by atoms with van der Waals surface area (Å²) in [6.45, 7) is 9.01. The molecule has 0 unspecified atom stereocenters. The third-order valence-corrected chi connectivity index (χ3v) is 4.95. The van der Waals surface area contributed by atoms with E-state index in [1.165, 1.54) is 17.3 Å². The summed E-state index contributed by atoms with van der Waals surface area (Å²) in [6, 6.07) is 6.31. The van der Waals surface area contributed by atoms with E-state index in [2.05, 4.69) is 57.5 Å². The molecule has 0 bridgehead atoms. The number of hydrogen-bond acceptors (Lipinski definition) is 6. The lowest BCUT2D eigenvalue weighted by Gasteiger charge is -2.26. The third-order valence-electron chi connectivity index (χ3n) is 4.95. The summed E-state index contributed by atoms with van der Waals surface area (Å²) in [6.07, 6.45) is 5.01. The van der Waals surface area contributed by atoms with Crippen molar-refractivity contribution in [2.24, 2.45) is 0 Å². The van der Waals surface area contributed by atoms with Crippen LogP contribution in [0.1, 0.15) is 35.5 Å². The van der Waals surface area contributed by atoms with Gasteiger partial charge in [0.25, 0.3) is 5.91 Å². The number of benzene rings is 1. The molecule has 1 amide bonds. The van der Waals surface area contributed by atoms with Crippen molar-refractivity contribution in [2.75, 3.05) is 44.7 Å². The first-order chi connectivity index (χ1) is 13.7. The predicted molar refractivity (Wildman–Crippen MR) is 110 cm³/mol. The molecule has 0 radical (unpaired) electrons. The molecule has 3 rings (SSSR count). The molecule has 1 aromatic heterocycles. The van der Waals surface area contributed by atoms with Crippen LogP contribution in [-0.4, -0.2) is 60.2 Å². The molecular formula is C21H29N5O2. The van der Waals surface area contributed by atoms with E-state index < -0.39 is 0 Å². The molecule has 150 valence electrons. The van der Waals surface area contributed by atoms with Crippen LogP contribution in [-0.2, 0) is 17.6 Å². The second-order valence-electron chi connectivity index (χ2n) is 6.78. The Labute approximate surface area is 166 Å². The number of hydrogen-bond donors (Lipinski definition) is 2. The van der Waals surface area contributed by atoms with E-state index in [9.17, 15) is 4.79 Å². The van der Waals surface area contributed by atoms with Gasteiger partial charge < -0.3 is 15.4 Å². The van der Waals surface area contributed by atoms with Crippen molar-refractivity contribution >= 4 is 17.4 Å². The van der Waals surface area contributed by atoms with Crippen LogP contribution >= 0.6 is 0 Å². The van der Waals surface area contributed by atoms with Gasteiger partial charge in [0.2, 0.25) is 0 Å². The minimum absolute atomic E-state index is 0.199. The van der Waals surface area contributed by atoms with Crippen molar-refractivity contribution in [3.8, 4) is 0 Å². The lowest BCUT2D eigenvalue weighted by molar-refractivity contribution is 0.0383. The fourth-order valence-electron chi connectivity index (χ4n) is 3.28. The van der Waals surface area contributed by atoms with Gasteiger partial charge in [-0.1, -0.05) is 32.0 Å². The zero-order valence-electron chi connectivity index (χ0n) is 16.7. The number of anilines is 2. The highest BCUT2D eigenvalue weighted by Crippen LogP contribution is 2.25. The maximum absolute atomic E-state index is 12.3. The fourth-order valence-corrected chi connectivity index (χ4v) is 3.28. The van der Waals surface area contributed by atoms with Crippen molar-refractivity contribution in [3.63, 3.8) is 0 Å². The Bertz CT molecular complexity index is 751. The Morgan fingerprint density at radius 2 is 1.82 bits per heavy atom. The molecule has 2 aromatic rings. The number of amides is 1. The largest absolute Gasteiger partial charge is 0.379 e. The average molecular weight is 383 g/mol. The molecule has 1 fully saturated rings. The number of rotatable bonds is 8. The van der Waals surface area contributed by atoms with Gasteiger partial charge in [0.1, 0.15) is 11.5 Å². The highest BCUT2D eigenvalue weighted by Gasteiger charge is 2.12. The molecule has 1 saturated heterocycles. The van der Waals surface area contributed by atoms with Crippen molar-refractivity contribution in [1.29, 1.82) is 0 Å². The zero-order chi connectivity index (χ0) is 19.8. The van der Waals surface area contributed by atoms with Gasteiger partial charge in [-0.05, 0) is 24.0 Å². The van der Waals surface area contributed by atoms with Crippen LogP contribution in [0.25, 0.3) is 0 Å². The Hall–Kier alpha value is -2.51. The zero-order valence-corrected chi connectivity index (χ0v) is 16.7. The van der Waals surface area contributed by atoms with Crippen LogP contribution in [0.2, 0.25) is 0 Å². The maximum atomic E-state index is 12.3. The summed E-state index contributed by atoms with van der Waals surface area (Å²) in [7, 11) is 0. The van der Waals surface area contributed by atoms with Gasteiger partial charge in [0.15, 0.2) is 0 Å². The summed E-state index contributed by atoms with van der Waals surface area (Å²) in [5.74, 6) is 0.441. The number of ether oxygens (including phenoxy) is 1. The first-order valence-corrected chi connectivity index (χ1v) is 9.99. The van der Waals surface area contributed by atoms with Crippen LogP contribution < -0.4 is 10.6 Å². The second kappa shape index (κ2) is 10.1. The minimum atomic E-state index is -0.199. The lowest BCUT2D eigenvalue weighted by Crippen LogP contribution is -2.41. The van der Waals surface area contributed by atoms with Crippen LogP contribution in [0, 0.1) is 0 Å². The first-order valence-electron chi connectivity index (χ1n) is 9.99. The maximum Gasteiger partial charge on any atom is 0.271 e. The molecule has 2 N–H and O–H groups in total. The second-order valence-corrected chi connectivity index (χ2v) is 6.78. The van der Waals surface area contributed by atoms with Gasteiger partial charge in [-0.25, -0.2) is 9.97 Å². The number of morpholine rings is 1. The quantitative estimate of drug-likeness (QED) is 0.729. The molecule has 1 aromatic carbocycles. The summed E-state index contributed by atoms with van der Waals surface area (Å²) < 4.78 is 5.33. The van der Waals surface area contributed by atoms with Crippen LogP contribution in [0.15, 0.2) is 30.6 Å². The van der Waals surface area contributed by atoms with Crippen LogP contribution in [0.3, 0.4) is 0 Å². The summed E-state index contributed by atoms with van der Waals surface area (Å²) >= 11 is 0. The predicted octanol–water partition coefficient (Wildman–Crippen LogP) is 2.41. The van der Waals surface area contributed by atoms with Crippen molar-refractivity contribution in [3.05, 3.63) is 47.4 Å². The van der Waals surface area contributed by atoms with Gasteiger partial charge >= 0.3 is 0 Å². The molecule has 0 spiro atoms. The first kappa shape index (κ1) is 20.2. The molecule has 0 atom stereocenters. The van der Waals surface area contributed by atoms with E-state index in [1.54, 1.807) is 6.20 Å². The summed E-state index contributed by atoms with van der Waals surface area (Å²) in [4.78, 5) is 23.2. The topological polar surface area (TPSA) is 79.4 Å². The fraction of sp³-hybridized carbons (Fsp3) is 0.476.